The highest BCUT2D eigenvalue weighted by Gasteiger charge is 2.29. The van der Waals surface area contributed by atoms with Crippen LogP contribution in [-0.2, 0) is 5.54 Å². The fraction of sp³-hybridized carbons (Fsp3) is 0.0877. The third kappa shape index (κ3) is 6.68. The van der Waals surface area contributed by atoms with E-state index in [0.29, 0.717) is 34.2 Å². The van der Waals surface area contributed by atoms with Crippen LogP contribution in [0.1, 0.15) is 33.2 Å². The van der Waals surface area contributed by atoms with E-state index >= 15 is 0 Å². The summed E-state index contributed by atoms with van der Waals surface area (Å²) < 4.78 is 61.3. The van der Waals surface area contributed by atoms with Crippen molar-refractivity contribution in [1.29, 1.82) is 0 Å². The third-order valence-electron chi connectivity index (χ3n) is 11.6. The molecule has 0 aliphatic carbocycles. The van der Waals surface area contributed by atoms with Crippen molar-refractivity contribution in [3.63, 3.8) is 0 Å². The standard InChI is InChI=1S/C57H44N4O2/c1-38-32-53(58-35-49(38)41-22-12-7-13-23-41)61-50-29-15-14-26-47(50)48-31-30-44(34-51(48)61)63-43-25-16-24-42(33-43)52-36-62-56-55(60(37-59(52)56)57(2,3)4)54-45(39-18-8-5-9-19-39)27-17-28-46(54)40-20-10-6-11-21-40/h5-36H,1-4H3/i7D,12D,13D,22D,23D. The maximum atomic E-state index is 8.59. The van der Waals surface area contributed by atoms with Crippen LogP contribution in [0.15, 0.2) is 199 Å². The Morgan fingerprint density at radius 2 is 1.29 bits per heavy atom. The Morgan fingerprint density at radius 3 is 2.00 bits per heavy atom. The molecule has 0 spiro atoms. The van der Waals surface area contributed by atoms with Crippen LogP contribution in [0.3, 0.4) is 0 Å². The number of ether oxygens (including phenoxy) is 1. The number of imidazole rings is 1. The minimum Gasteiger partial charge on any atom is -0.484 e. The number of para-hydroxylation sites is 1. The second kappa shape index (κ2) is 15.2. The monoisotopic (exact) mass is 821 g/mol. The summed E-state index contributed by atoms with van der Waals surface area (Å²) in [5.41, 5.74) is 11.5. The van der Waals surface area contributed by atoms with Gasteiger partial charge in [-0.2, -0.15) is 0 Å². The highest BCUT2D eigenvalue weighted by Crippen LogP contribution is 2.43. The molecule has 0 unspecified atom stereocenters. The molecular formula is C57H44N4O2. The molecule has 0 aliphatic heterocycles. The Hall–Kier alpha value is -7.96. The van der Waals surface area contributed by atoms with E-state index < -0.39 is 6.04 Å². The second-order valence-electron chi connectivity index (χ2n) is 16.7. The summed E-state index contributed by atoms with van der Waals surface area (Å²) in [6.45, 7) is 8.41. The van der Waals surface area contributed by atoms with Gasteiger partial charge in [-0.25, -0.2) is 4.98 Å². The maximum absolute atomic E-state index is 8.59. The Labute approximate surface area is 373 Å². The minimum atomic E-state index is -0.430. The number of benzene rings is 7. The average molecular weight is 822 g/mol. The molecule has 11 aromatic rings. The van der Waals surface area contributed by atoms with Gasteiger partial charge in [-0.3, -0.25) is 8.97 Å². The lowest BCUT2D eigenvalue weighted by Crippen LogP contribution is -2.50. The minimum absolute atomic E-state index is 0.123. The summed E-state index contributed by atoms with van der Waals surface area (Å²) in [5, 5.41) is 2.04. The summed E-state index contributed by atoms with van der Waals surface area (Å²) in [4.78, 5) is 4.85. The van der Waals surface area contributed by atoms with Crippen molar-refractivity contribution < 1.29 is 20.6 Å². The van der Waals surface area contributed by atoms with Gasteiger partial charge in [0.1, 0.15) is 23.0 Å². The van der Waals surface area contributed by atoms with Crippen molar-refractivity contribution in [3.8, 4) is 73.2 Å². The van der Waals surface area contributed by atoms with E-state index in [0.717, 1.165) is 66.6 Å². The molecule has 4 heterocycles. The zero-order valence-corrected chi connectivity index (χ0v) is 35.2. The van der Waals surface area contributed by atoms with Crippen molar-refractivity contribution in [2.24, 2.45) is 0 Å². The van der Waals surface area contributed by atoms with Crippen molar-refractivity contribution in [3.05, 3.63) is 206 Å². The van der Waals surface area contributed by atoms with Gasteiger partial charge in [0.2, 0.25) is 12.0 Å². The number of aryl methyl sites for hydroxylation is 1. The van der Waals surface area contributed by atoms with Gasteiger partial charge in [0.15, 0.2) is 0 Å². The fourth-order valence-corrected chi connectivity index (χ4v) is 8.68. The second-order valence-corrected chi connectivity index (χ2v) is 16.7. The van der Waals surface area contributed by atoms with Gasteiger partial charge >= 0.3 is 0 Å². The van der Waals surface area contributed by atoms with Crippen molar-refractivity contribution in [1.82, 2.24) is 14.0 Å². The van der Waals surface area contributed by atoms with Crippen LogP contribution >= 0.6 is 0 Å². The quantitative estimate of drug-likeness (QED) is 0.113. The van der Waals surface area contributed by atoms with Gasteiger partial charge in [0, 0.05) is 28.6 Å². The first-order chi connectivity index (χ1) is 32.9. The van der Waals surface area contributed by atoms with Crippen LogP contribution in [0.2, 0.25) is 0 Å². The predicted molar refractivity (Wildman–Crippen MR) is 254 cm³/mol. The molecule has 6 nitrogen and oxygen atoms in total. The topological polar surface area (TPSA) is 48.5 Å². The van der Waals surface area contributed by atoms with Crippen LogP contribution < -0.4 is 9.30 Å². The van der Waals surface area contributed by atoms with Crippen molar-refractivity contribution in [2.45, 2.75) is 33.2 Å². The molecule has 0 fully saturated rings. The molecule has 0 amide bonds. The van der Waals surface area contributed by atoms with E-state index in [1.54, 1.807) is 12.5 Å². The van der Waals surface area contributed by atoms with Gasteiger partial charge in [0.25, 0.3) is 0 Å². The first-order valence-electron chi connectivity index (χ1n) is 23.4. The SMILES string of the molecule is [2H]c1c([2H])c([2H])c(-c2cnc(-n3c4ccccc4c4ccc(Oc5cccc(-c6coc7c(-c8c(-c9ccccc9)cccc8-c8ccccc8)[n+](C(C)(C)C)[c-]n67)c5)cc43)cc2C)c([2H])c1[2H]. The van der Waals surface area contributed by atoms with E-state index in [1.165, 1.54) is 0 Å². The highest BCUT2D eigenvalue weighted by molar-refractivity contribution is 6.09. The first kappa shape index (κ1) is 32.8. The first-order valence-corrected chi connectivity index (χ1v) is 20.9. The molecule has 6 heteroatoms. The number of hydrogen-bond acceptors (Lipinski definition) is 3. The fourth-order valence-electron chi connectivity index (χ4n) is 8.68. The molecule has 0 N–H and O–H groups in total. The Bertz CT molecular complexity index is 3690. The Balaban J connectivity index is 0.998. The van der Waals surface area contributed by atoms with Gasteiger partial charge in [0.05, 0.1) is 35.4 Å². The number of pyridine rings is 1. The predicted octanol–water partition coefficient (Wildman–Crippen LogP) is 14.3. The lowest BCUT2D eigenvalue weighted by molar-refractivity contribution is -0.747. The van der Waals surface area contributed by atoms with E-state index in [4.69, 9.17) is 21.0 Å². The molecule has 0 atom stereocenters. The number of nitrogens with zero attached hydrogens (tertiary/aromatic N) is 4. The lowest BCUT2D eigenvalue weighted by Gasteiger charge is -2.24. The molecule has 0 radical (unpaired) electrons. The molecule has 304 valence electrons. The van der Waals surface area contributed by atoms with Gasteiger partial charge in [-0.1, -0.05) is 139 Å². The summed E-state index contributed by atoms with van der Waals surface area (Å²) in [6, 6.07) is 49.7. The van der Waals surface area contributed by atoms with Crippen LogP contribution in [-0.4, -0.2) is 14.0 Å². The molecule has 7 aromatic carbocycles. The van der Waals surface area contributed by atoms with Crippen LogP contribution in [0.5, 0.6) is 11.5 Å². The molecule has 0 saturated heterocycles. The van der Waals surface area contributed by atoms with Crippen LogP contribution in [0, 0.1) is 13.3 Å². The zero-order valence-electron chi connectivity index (χ0n) is 40.2. The third-order valence-corrected chi connectivity index (χ3v) is 11.6. The zero-order chi connectivity index (χ0) is 47.0. The van der Waals surface area contributed by atoms with Crippen LogP contribution in [0.4, 0.5) is 0 Å². The van der Waals surface area contributed by atoms with E-state index in [-0.39, 0.29) is 35.3 Å². The largest absolute Gasteiger partial charge is 0.484 e. The highest BCUT2D eigenvalue weighted by atomic mass is 16.5. The van der Waals surface area contributed by atoms with E-state index in [9.17, 15) is 0 Å². The van der Waals surface area contributed by atoms with Crippen molar-refractivity contribution >= 4 is 27.5 Å². The molecule has 63 heavy (non-hydrogen) atoms. The van der Waals surface area contributed by atoms with E-state index in [2.05, 4.69) is 115 Å². The number of aromatic nitrogens is 4. The molecule has 0 saturated carbocycles. The maximum Gasteiger partial charge on any atom is 0.247 e. The van der Waals surface area contributed by atoms with E-state index in [1.807, 2.05) is 84.1 Å². The summed E-state index contributed by atoms with van der Waals surface area (Å²) in [7, 11) is 0. The number of oxazole rings is 1. The lowest BCUT2D eigenvalue weighted by atomic mass is 9.89. The summed E-state index contributed by atoms with van der Waals surface area (Å²) >= 11 is 0. The van der Waals surface area contributed by atoms with Crippen molar-refractivity contribution in [2.75, 3.05) is 0 Å². The average Bonchev–Trinajstić information content (AvgIpc) is 4.04. The normalized spacial score (nSPS) is 12.9. The molecular weight excluding hydrogens is 773 g/mol. The molecule has 0 aliphatic rings. The number of rotatable bonds is 8. The number of fused-ring (bicyclic) bond motifs is 4. The smallest absolute Gasteiger partial charge is 0.247 e. The van der Waals surface area contributed by atoms with Gasteiger partial charge < -0.3 is 13.7 Å². The molecule has 11 rings (SSSR count). The Morgan fingerprint density at radius 1 is 0.635 bits per heavy atom. The summed E-state index contributed by atoms with van der Waals surface area (Å²) in [5.74, 6) is 1.87. The molecule has 4 aromatic heterocycles. The summed E-state index contributed by atoms with van der Waals surface area (Å²) in [6.07, 6.45) is 7.09. The number of hydrogen-bond donors (Lipinski definition) is 0. The molecule has 0 bridgehead atoms. The van der Waals surface area contributed by atoms with Gasteiger partial charge in [-0.15, -0.1) is 0 Å². The van der Waals surface area contributed by atoms with Gasteiger partial charge in [-0.05, 0) is 109 Å². The van der Waals surface area contributed by atoms with Crippen LogP contribution in [0.25, 0.3) is 89.2 Å². The Kier molecular flexibility index (Phi) is 7.90.